The van der Waals surface area contributed by atoms with Crippen molar-refractivity contribution >= 4 is 29.7 Å². The summed E-state index contributed by atoms with van der Waals surface area (Å²) in [5, 5.41) is 0. The lowest BCUT2D eigenvalue weighted by molar-refractivity contribution is 0.148. The summed E-state index contributed by atoms with van der Waals surface area (Å²) in [7, 11) is -7.10. The molecule has 1 saturated heterocycles. The van der Waals surface area contributed by atoms with Gasteiger partial charge in [-0.3, -0.25) is 4.90 Å². The lowest BCUT2D eigenvalue weighted by Crippen LogP contribution is -2.49. The molecular weight excluding hydrogens is 522 g/mol. The van der Waals surface area contributed by atoms with Gasteiger partial charge in [-0.15, -0.1) is 0 Å². The van der Waals surface area contributed by atoms with Gasteiger partial charge in [0.15, 0.2) is 19.7 Å². The number of nitrogens with zero attached hydrogens (tertiary/aromatic N) is 3. The quantitative estimate of drug-likeness (QED) is 0.434. The minimum Gasteiger partial charge on any atom is -0.308 e. The molecule has 12 heteroatoms. The summed E-state index contributed by atoms with van der Waals surface area (Å²) < 4.78 is 77.2. The van der Waals surface area contributed by atoms with Crippen molar-refractivity contribution in [2.24, 2.45) is 0 Å². The van der Waals surface area contributed by atoms with Gasteiger partial charge in [-0.05, 0) is 56.8 Å². The highest BCUT2D eigenvalue weighted by atomic mass is 32.2. The average Bonchev–Trinajstić information content (AvgIpc) is 2.79. The molecular formula is C24H35N3O6S3. The Morgan fingerprint density at radius 3 is 2.00 bits per heavy atom. The van der Waals surface area contributed by atoms with E-state index in [4.69, 9.17) is 0 Å². The van der Waals surface area contributed by atoms with Crippen LogP contribution in [0.5, 0.6) is 0 Å². The molecule has 2 aromatic carbocycles. The van der Waals surface area contributed by atoms with Crippen LogP contribution >= 0.6 is 0 Å². The Hall–Kier alpha value is -1.83. The van der Waals surface area contributed by atoms with E-state index in [9.17, 15) is 25.3 Å². The largest absolute Gasteiger partial charge is 0.308 e. The summed E-state index contributed by atoms with van der Waals surface area (Å²) in [6.07, 6.45) is 3.42. The van der Waals surface area contributed by atoms with Gasteiger partial charge in [0.05, 0.1) is 14.7 Å². The molecule has 0 unspecified atom stereocenters. The fourth-order valence-electron chi connectivity index (χ4n) is 4.40. The van der Waals surface area contributed by atoms with Crippen molar-refractivity contribution < 1.29 is 25.3 Å². The predicted molar refractivity (Wildman–Crippen MR) is 140 cm³/mol. The number of sulfonamides is 1. The van der Waals surface area contributed by atoms with Gasteiger partial charge >= 0.3 is 0 Å². The Morgan fingerprint density at radius 1 is 0.806 bits per heavy atom. The Morgan fingerprint density at radius 2 is 1.42 bits per heavy atom. The van der Waals surface area contributed by atoms with Gasteiger partial charge in [-0.1, -0.05) is 24.3 Å². The molecule has 0 amide bonds. The van der Waals surface area contributed by atoms with E-state index in [-0.39, 0.29) is 22.4 Å². The third kappa shape index (κ3) is 7.14. The average molecular weight is 558 g/mol. The topological polar surface area (TPSA) is 112 Å². The second kappa shape index (κ2) is 11.3. The van der Waals surface area contributed by atoms with Crippen LogP contribution in [0.25, 0.3) is 0 Å². The minimum atomic E-state index is -3.94. The van der Waals surface area contributed by atoms with Gasteiger partial charge in [0, 0.05) is 51.3 Å². The Kier molecular flexibility index (Phi) is 9.00. The van der Waals surface area contributed by atoms with E-state index >= 15 is 0 Å². The highest BCUT2D eigenvalue weighted by molar-refractivity contribution is 7.91. The molecule has 0 radical (unpaired) electrons. The fraction of sp³-hybridized carbons (Fsp3) is 0.500. The highest BCUT2D eigenvalue weighted by Gasteiger charge is 2.34. The van der Waals surface area contributed by atoms with Gasteiger partial charge in [0.2, 0.25) is 10.0 Å². The van der Waals surface area contributed by atoms with Crippen LogP contribution in [0.4, 0.5) is 0 Å². The molecule has 1 aliphatic rings. The molecule has 0 spiro atoms. The van der Waals surface area contributed by atoms with Crippen molar-refractivity contribution in [1.29, 1.82) is 0 Å². The van der Waals surface area contributed by atoms with E-state index < -0.39 is 29.7 Å². The number of hydrogen-bond acceptors (Lipinski definition) is 8. The van der Waals surface area contributed by atoms with Crippen LogP contribution in [0, 0.1) is 0 Å². The van der Waals surface area contributed by atoms with Gasteiger partial charge < -0.3 is 4.90 Å². The third-order valence-electron chi connectivity index (χ3n) is 6.34. The van der Waals surface area contributed by atoms with Crippen LogP contribution in [0.15, 0.2) is 63.2 Å². The van der Waals surface area contributed by atoms with Crippen LogP contribution in [0.3, 0.4) is 0 Å². The lowest BCUT2D eigenvalue weighted by Gasteiger charge is -2.38. The summed E-state index contributed by atoms with van der Waals surface area (Å²) >= 11 is 0. The first kappa shape index (κ1) is 28.7. The number of rotatable bonds is 10. The van der Waals surface area contributed by atoms with Crippen LogP contribution in [0.2, 0.25) is 0 Å². The van der Waals surface area contributed by atoms with Gasteiger partial charge in [-0.2, -0.15) is 4.31 Å². The monoisotopic (exact) mass is 557 g/mol. The summed E-state index contributed by atoms with van der Waals surface area (Å²) in [6, 6.07) is 12.2. The lowest BCUT2D eigenvalue weighted by atomic mass is 10.0. The van der Waals surface area contributed by atoms with Crippen molar-refractivity contribution in [2.75, 3.05) is 52.8 Å². The van der Waals surface area contributed by atoms with Crippen molar-refractivity contribution in [1.82, 2.24) is 14.1 Å². The first-order chi connectivity index (χ1) is 16.7. The number of likely N-dealkylation sites (N-methyl/N-ethyl adjacent to an activating group) is 1. The molecule has 9 nitrogen and oxygen atoms in total. The molecule has 1 aliphatic heterocycles. The molecule has 2 aromatic rings. The SMILES string of the molecule is CN(C)CCN(C1CCN(Cc2ccccc2S(C)(=O)=O)CC1)S(=O)(=O)c1cccc(S(C)(=O)=O)c1. The van der Waals surface area contributed by atoms with Gasteiger partial charge in [-0.25, -0.2) is 25.3 Å². The number of hydrogen-bond donors (Lipinski definition) is 0. The first-order valence-corrected chi connectivity index (χ1v) is 16.9. The van der Waals surface area contributed by atoms with Crippen LogP contribution in [-0.4, -0.2) is 98.2 Å². The van der Waals surface area contributed by atoms with E-state index in [1.165, 1.54) is 34.8 Å². The molecule has 200 valence electrons. The summed E-state index contributed by atoms with van der Waals surface area (Å²) in [6.45, 7) is 2.49. The van der Waals surface area contributed by atoms with Crippen molar-refractivity contribution in [3.05, 3.63) is 54.1 Å². The Bertz CT molecular complexity index is 1380. The Labute approximate surface area is 215 Å². The maximum absolute atomic E-state index is 13.7. The van der Waals surface area contributed by atoms with Crippen molar-refractivity contribution in [3.8, 4) is 0 Å². The molecule has 0 N–H and O–H groups in total. The maximum atomic E-state index is 13.7. The summed E-state index contributed by atoms with van der Waals surface area (Å²) in [4.78, 5) is 4.30. The molecule has 0 saturated carbocycles. The third-order valence-corrected chi connectivity index (χ3v) is 10.6. The van der Waals surface area contributed by atoms with E-state index in [1.807, 2.05) is 31.1 Å². The molecule has 0 aliphatic carbocycles. The molecule has 0 atom stereocenters. The zero-order chi connectivity index (χ0) is 26.7. The second-order valence-corrected chi connectivity index (χ2v) is 15.4. The standard InChI is InChI=1S/C24H35N3O6S3/c1-25(2)16-17-27(36(32,33)23-10-7-9-22(18-23)34(3,28)29)21-12-14-26(15-13-21)19-20-8-5-6-11-24(20)35(4,30)31/h5-11,18,21H,12-17,19H2,1-4H3. The zero-order valence-corrected chi connectivity index (χ0v) is 23.6. The molecule has 0 bridgehead atoms. The van der Waals surface area contributed by atoms with Crippen LogP contribution < -0.4 is 0 Å². The summed E-state index contributed by atoms with van der Waals surface area (Å²) in [5.74, 6) is 0. The molecule has 1 fully saturated rings. The maximum Gasteiger partial charge on any atom is 0.243 e. The van der Waals surface area contributed by atoms with Crippen molar-refractivity contribution in [2.45, 2.75) is 40.1 Å². The second-order valence-electron chi connectivity index (χ2n) is 9.55. The normalized spacial score (nSPS) is 16.6. The van der Waals surface area contributed by atoms with Crippen molar-refractivity contribution in [3.63, 3.8) is 0 Å². The smallest absolute Gasteiger partial charge is 0.243 e. The molecule has 1 heterocycles. The minimum absolute atomic E-state index is 0.0319. The van der Waals surface area contributed by atoms with E-state index in [2.05, 4.69) is 4.90 Å². The van der Waals surface area contributed by atoms with E-state index in [0.717, 1.165) is 11.8 Å². The van der Waals surface area contributed by atoms with Gasteiger partial charge in [0.25, 0.3) is 0 Å². The van der Waals surface area contributed by atoms with Crippen LogP contribution in [0.1, 0.15) is 18.4 Å². The van der Waals surface area contributed by atoms with Crippen LogP contribution in [-0.2, 0) is 36.2 Å². The number of benzene rings is 2. The number of piperidine rings is 1. The molecule has 36 heavy (non-hydrogen) atoms. The summed E-state index contributed by atoms with van der Waals surface area (Å²) in [5.41, 5.74) is 0.730. The predicted octanol–water partition coefficient (Wildman–Crippen LogP) is 1.71. The Balaban J connectivity index is 1.81. The number of sulfone groups is 2. The van der Waals surface area contributed by atoms with Gasteiger partial charge in [0.1, 0.15) is 0 Å². The van der Waals surface area contributed by atoms with E-state index in [0.29, 0.717) is 43.9 Å². The number of likely N-dealkylation sites (tertiary alicyclic amines) is 1. The first-order valence-electron chi connectivity index (χ1n) is 11.7. The molecule has 0 aromatic heterocycles. The highest BCUT2D eigenvalue weighted by Crippen LogP contribution is 2.27. The molecule has 3 rings (SSSR count). The zero-order valence-electron chi connectivity index (χ0n) is 21.2. The fourth-order valence-corrected chi connectivity index (χ4v) is 7.80. The van der Waals surface area contributed by atoms with E-state index in [1.54, 1.807) is 12.1 Å².